The van der Waals surface area contributed by atoms with Crippen molar-refractivity contribution in [2.45, 2.75) is 19.4 Å². The van der Waals surface area contributed by atoms with Crippen LogP contribution in [0.25, 0.3) is 11.1 Å². The molecule has 0 saturated carbocycles. The van der Waals surface area contributed by atoms with Crippen LogP contribution in [0.1, 0.15) is 28.8 Å². The van der Waals surface area contributed by atoms with Crippen molar-refractivity contribution in [3.8, 4) is 16.9 Å². The fourth-order valence-electron chi connectivity index (χ4n) is 3.48. The number of methoxy groups -OCH3 is 1. The SMILES string of the molecule is COc1cccc(-c2ccc(NC(=O)N(CCCCO)Cc3ccc(C(=O)NN)cc3)cc2)c1. The predicted octanol–water partition coefficient (Wildman–Crippen LogP) is 3.77. The number of carbonyl (C=O) groups is 2. The van der Waals surface area contributed by atoms with Gasteiger partial charge in [-0.15, -0.1) is 0 Å². The van der Waals surface area contributed by atoms with Gasteiger partial charge in [0, 0.05) is 30.9 Å². The lowest BCUT2D eigenvalue weighted by atomic mass is 10.1. The van der Waals surface area contributed by atoms with Crippen LogP contribution in [0.2, 0.25) is 0 Å². The van der Waals surface area contributed by atoms with Crippen LogP contribution in [-0.2, 0) is 6.54 Å². The molecule has 0 unspecified atom stereocenters. The number of amides is 3. The number of rotatable bonds is 10. The number of urea groups is 1. The third kappa shape index (κ3) is 6.81. The first-order valence-electron chi connectivity index (χ1n) is 11.0. The Morgan fingerprint density at radius 3 is 2.35 bits per heavy atom. The number of nitrogens with one attached hydrogen (secondary N) is 2. The van der Waals surface area contributed by atoms with Crippen molar-refractivity contribution in [1.29, 1.82) is 0 Å². The Bertz CT molecular complexity index is 1080. The molecule has 0 radical (unpaired) electrons. The summed E-state index contributed by atoms with van der Waals surface area (Å²) in [5.41, 5.74) is 6.13. The molecule has 3 aromatic carbocycles. The number of aliphatic hydroxyl groups excluding tert-OH is 1. The molecule has 0 aliphatic carbocycles. The third-order valence-electron chi connectivity index (χ3n) is 5.38. The Balaban J connectivity index is 1.69. The first-order valence-corrected chi connectivity index (χ1v) is 11.0. The van der Waals surface area contributed by atoms with Crippen LogP contribution in [0, 0.1) is 0 Å². The summed E-state index contributed by atoms with van der Waals surface area (Å²) in [6.07, 6.45) is 1.28. The molecule has 0 aliphatic rings. The summed E-state index contributed by atoms with van der Waals surface area (Å²) in [4.78, 5) is 26.3. The molecule has 8 nitrogen and oxygen atoms in total. The van der Waals surface area contributed by atoms with E-state index in [1.807, 2.05) is 48.5 Å². The van der Waals surface area contributed by atoms with E-state index in [0.717, 1.165) is 22.4 Å². The van der Waals surface area contributed by atoms with Gasteiger partial charge in [0.25, 0.3) is 5.91 Å². The van der Waals surface area contributed by atoms with Crippen LogP contribution in [0.3, 0.4) is 0 Å². The maximum Gasteiger partial charge on any atom is 0.322 e. The summed E-state index contributed by atoms with van der Waals surface area (Å²) in [6.45, 7) is 0.924. The minimum absolute atomic E-state index is 0.0735. The molecule has 0 saturated heterocycles. The van der Waals surface area contributed by atoms with Gasteiger partial charge in [-0.1, -0.05) is 36.4 Å². The highest BCUT2D eigenvalue weighted by Crippen LogP contribution is 2.25. The number of carbonyl (C=O) groups excluding carboxylic acids is 2. The summed E-state index contributed by atoms with van der Waals surface area (Å²) < 4.78 is 5.29. The predicted molar refractivity (Wildman–Crippen MR) is 132 cm³/mol. The lowest BCUT2D eigenvalue weighted by Crippen LogP contribution is -2.35. The second-order valence-electron chi connectivity index (χ2n) is 7.76. The number of anilines is 1. The summed E-state index contributed by atoms with van der Waals surface area (Å²) >= 11 is 0. The molecule has 0 spiro atoms. The highest BCUT2D eigenvalue weighted by Gasteiger charge is 2.15. The lowest BCUT2D eigenvalue weighted by Gasteiger charge is -2.23. The van der Waals surface area contributed by atoms with Gasteiger partial charge in [-0.2, -0.15) is 0 Å². The maximum atomic E-state index is 13.0. The average Bonchev–Trinajstić information content (AvgIpc) is 2.88. The molecule has 3 aromatic rings. The summed E-state index contributed by atoms with van der Waals surface area (Å²) in [6, 6.07) is 22.1. The van der Waals surface area contributed by atoms with E-state index in [0.29, 0.717) is 37.2 Å². The Hall–Kier alpha value is -3.88. The van der Waals surface area contributed by atoms with E-state index in [9.17, 15) is 9.59 Å². The van der Waals surface area contributed by atoms with Gasteiger partial charge >= 0.3 is 6.03 Å². The first kappa shape index (κ1) is 24.8. The minimum Gasteiger partial charge on any atom is -0.497 e. The van der Waals surface area contributed by atoms with E-state index in [2.05, 4.69) is 10.7 Å². The number of ether oxygens (including phenoxy) is 1. The summed E-state index contributed by atoms with van der Waals surface area (Å²) in [5.74, 6) is 5.58. The van der Waals surface area contributed by atoms with E-state index in [4.69, 9.17) is 15.7 Å². The molecule has 0 fully saturated rings. The van der Waals surface area contributed by atoms with Crippen LogP contribution in [0.5, 0.6) is 5.75 Å². The van der Waals surface area contributed by atoms with Crippen LogP contribution < -0.4 is 21.3 Å². The van der Waals surface area contributed by atoms with Crippen molar-refractivity contribution in [3.05, 3.63) is 83.9 Å². The molecule has 0 aliphatic heterocycles. The average molecular weight is 463 g/mol. The Kier molecular flexibility index (Phi) is 9.02. The number of hydrogen-bond donors (Lipinski definition) is 4. The van der Waals surface area contributed by atoms with E-state index < -0.39 is 0 Å². The van der Waals surface area contributed by atoms with E-state index in [1.54, 1.807) is 36.3 Å². The van der Waals surface area contributed by atoms with Gasteiger partial charge in [-0.25, -0.2) is 10.6 Å². The van der Waals surface area contributed by atoms with E-state index in [1.165, 1.54) is 0 Å². The van der Waals surface area contributed by atoms with Crippen LogP contribution in [0.4, 0.5) is 10.5 Å². The number of hydrazine groups is 1. The topological polar surface area (TPSA) is 117 Å². The Labute approximate surface area is 199 Å². The van der Waals surface area contributed by atoms with Gasteiger partial charge in [-0.05, 0) is 65.9 Å². The highest BCUT2D eigenvalue weighted by atomic mass is 16.5. The zero-order chi connectivity index (χ0) is 24.3. The van der Waals surface area contributed by atoms with Gasteiger partial charge in [0.05, 0.1) is 7.11 Å². The Morgan fingerprint density at radius 1 is 0.971 bits per heavy atom. The van der Waals surface area contributed by atoms with Gasteiger partial charge in [0.1, 0.15) is 5.75 Å². The zero-order valence-electron chi connectivity index (χ0n) is 19.2. The smallest absolute Gasteiger partial charge is 0.322 e. The zero-order valence-corrected chi connectivity index (χ0v) is 19.2. The molecule has 0 heterocycles. The molecule has 5 N–H and O–H groups in total. The fourth-order valence-corrected chi connectivity index (χ4v) is 3.48. The number of unbranched alkanes of at least 4 members (excludes halogenated alkanes) is 1. The first-order chi connectivity index (χ1) is 16.5. The molecule has 0 bridgehead atoms. The standard InChI is InChI=1S/C26H30N4O4/c1-34-24-6-4-5-22(17-24)20-11-13-23(14-12-20)28-26(33)30(15-2-3-16-31)18-19-7-9-21(10-8-19)25(32)29-27/h4-14,17,31H,2-3,15-16,18,27H2,1H3,(H,28,33)(H,29,32). The third-order valence-corrected chi connectivity index (χ3v) is 5.38. The molecule has 34 heavy (non-hydrogen) atoms. The second kappa shape index (κ2) is 12.4. The quantitative estimate of drug-likeness (QED) is 0.158. The Morgan fingerprint density at radius 2 is 1.71 bits per heavy atom. The fraction of sp³-hybridized carbons (Fsp3) is 0.231. The van der Waals surface area contributed by atoms with Crippen molar-refractivity contribution < 1.29 is 19.4 Å². The number of benzene rings is 3. The van der Waals surface area contributed by atoms with Crippen molar-refractivity contribution in [3.63, 3.8) is 0 Å². The van der Waals surface area contributed by atoms with Crippen LogP contribution in [-0.4, -0.2) is 42.2 Å². The monoisotopic (exact) mass is 462 g/mol. The van der Waals surface area contributed by atoms with Crippen LogP contribution in [0.15, 0.2) is 72.8 Å². The normalized spacial score (nSPS) is 10.4. The maximum absolute atomic E-state index is 13.0. The largest absolute Gasteiger partial charge is 0.497 e. The molecule has 3 rings (SSSR count). The van der Waals surface area contributed by atoms with Crippen molar-refractivity contribution in [2.75, 3.05) is 25.6 Å². The lowest BCUT2D eigenvalue weighted by molar-refractivity contribution is 0.0953. The number of nitrogen functional groups attached to an aromatic ring is 1. The van der Waals surface area contributed by atoms with E-state index >= 15 is 0 Å². The van der Waals surface area contributed by atoms with Gasteiger partial charge < -0.3 is 20.1 Å². The summed E-state index contributed by atoms with van der Waals surface area (Å²) in [5, 5.41) is 12.1. The molecule has 3 amide bonds. The van der Waals surface area contributed by atoms with Gasteiger partial charge in [0.15, 0.2) is 0 Å². The van der Waals surface area contributed by atoms with Crippen molar-refractivity contribution in [2.24, 2.45) is 5.84 Å². The van der Waals surface area contributed by atoms with Crippen molar-refractivity contribution in [1.82, 2.24) is 10.3 Å². The molecule has 0 atom stereocenters. The summed E-state index contributed by atoms with van der Waals surface area (Å²) in [7, 11) is 1.63. The van der Waals surface area contributed by atoms with Crippen molar-refractivity contribution >= 4 is 17.6 Å². The molecular formula is C26H30N4O4. The van der Waals surface area contributed by atoms with E-state index in [-0.39, 0.29) is 18.5 Å². The van der Waals surface area contributed by atoms with Gasteiger partial charge in [0.2, 0.25) is 0 Å². The highest BCUT2D eigenvalue weighted by molar-refractivity contribution is 5.93. The number of nitrogens with zero attached hydrogens (tertiary/aromatic N) is 1. The number of aliphatic hydroxyl groups is 1. The molecule has 0 aromatic heterocycles. The second-order valence-corrected chi connectivity index (χ2v) is 7.76. The molecular weight excluding hydrogens is 432 g/mol. The molecule has 8 heteroatoms. The van der Waals surface area contributed by atoms with Gasteiger partial charge in [-0.3, -0.25) is 10.2 Å². The van der Waals surface area contributed by atoms with Crippen LogP contribution >= 0.6 is 0 Å². The molecule has 178 valence electrons. The minimum atomic E-state index is -0.374. The number of nitrogens with two attached hydrogens (primary N) is 1. The number of hydrogen-bond acceptors (Lipinski definition) is 5.